The van der Waals surface area contributed by atoms with Crippen molar-refractivity contribution < 1.29 is 18.7 Å². The van der Waals surface area contributed by atoms with Gasteiger partial charge < -0.3 is 14.5 Å². The van der Waals surface area contributed by atoms with Gasteiger partial charge in [0.2, 0.25) is 11.8 Å². The highest BCUT2D eigenvalue weighted by atomic mass is 32.1. The number of thiophene rings is 1. The molecule has 0 saturated carbocycles. The second-order valence-corrected chi connectivity index (χ2v) is 10.4. The first kappa shape index (κ1) is 25.9. The molecule has 4 rings (SSSR count). The van der Waals surface area contributed by atoms with Gasteiger partial charge in [0, 0.05) is 18.0 Å². The highest BCUT2D eigenvalue weighted by molar-refractivity contribution is 7.10. The average molecular weight is 509 g/mol. The first-order chi connectivity index (χ1) is 17.4. The van der Waals surface area contributed by atoms with E-state index in [4.69, 9.17) is 4.74 Å². The predicted molar refractivity (Wildman–Crippen MR) is 141 cm³/mol. The standard InChI is InChI=1S/C29H33FN2O3S/c1-3-21(2)18-31(28(33)17-22-7-5-4-6-8-22)19-29(34)32-15-13-27-25(14-16-36-27)26(32)20-35-24-11-9-23(30)10-12-24/h4-12,14,16,21,26H,3,13,15,17-20H2,1-2H3/t21-,26-/m1/s1. The second-order valence-electron chi connectivity index (χ2n) is 9.37. The van der Waals surface area contributed by atoms with E-state index in [1.807, 2.05) is 40.6 Å². The van der Waals surface area contributed by atoms with Crippen LogP contribution < -0.4 is 4.74 Å². The van der Waals surface area contributed by atoms with Crippen LogP contribution in [0.25, 0.3) is 0 Å². The summed E-state index contributed by atoms with van der Waals surface area (Å²) in [4.78, 5) is 31.7. The predicted octanol–water partition coefficient (Wildman–Crippen LogP) is 5.51. The van der Waals surface area contributed by atoms with Crippen LogP contribution in [0.1, 0.15) is 42.3 Å². The normalized spacial score (nSPS) is 15.8. The van der Waals surface area contributed by atoms with Crippen molar-refractivity contribution in [3.05, 3.63) is 87.9 Å². The molecule has 0 spiro atoms. The van der Waals surface area contributed by atoms with Crippen LogP contribution in [0.5, 0.6) is 5.75 Å². The lowest BCUT2D eigenvalue weighted by atomic mass is 10.00. The molecule has 1 aliphatic rings. The van der Waals surface area contributed by atoms with Crippen molar-refractivity contribution in [1.82, 2.24) is 9.80 Å². The quantitative estimate of drug-likeness (QED) is 0.363. The van der Waals surface area contributed by atoms with Crippen LogP contribution in [0, 0.1) is 11.7 Å². The Morgan fingerprint density at radius 2 is 1.89 bits per heavy atom. The second kappa shape index (κ2) is 12.2. The largest absolute Gasteiger partial charge is 0.491 e. The Bertz CT molecular complexity index is 1150. The van der Waals surface area contributed by atoms with E-state index in [-0.39, 0.29) is 43.2 Å². The van der Waals surface area contributed by atoms with Crippen molar-refractivity contribution in [3.8, 4) is 5.75 Å². The Labute approximate surface area is 216 Å². The molecule has 36 heavy (non-hydrogen) atoms. The van der Waals surface area contributed by atoms with Gasteiger partial charge in [-0.15, -0.1) is 11.3 Å². The minimum atomic E-state index is -0.321. The van der Waals surface area contributed by atoms with Crippen molar-refractivity contribution >= 4 is 23.2 Å². The van der Waals surface area contributed by atoms with Gasteiger partial charge in [-0.2, -0.15) is 0 Å². The smallest absolute Gasteiger partial charge is 0.242 e. The molecule has 0 N–H and O–H groups in total. The lowest BCUT2D eigenvalue weighted by Crippen LogP contribution is -2.48. The van der Waals surface area contributed by atoms with E-state index in [9.17, 15) is 14.0 Å². The summed E-state index contributed by atoms with van der Waals surface area (Å²) >= 11 is 1.69. The third kappa shape index (κ3) is 6.52. The number of halogens is 1. The maximum absolute atomic E-state index is 13.7. The van der Waals surface area contributed by atoms with Crippen LogP contribution in [0.3, 0.4) is 0 Å². The molecule has 0 aliphatic carbocycles. The molecule has 5 nitrogen and oxygen atoms in total. The zero-order valence-corrected chi connectivity index (χ0v) is 21.7. The maximum Gasteiger partial charge on any atom is 0.242 e. The highest BCUT2D eigenvalue weighted by Crippen LogP contribution is 2.34. The molecule has 2 aromatic carbocycles. The van der Waals surface area contributed by atoms with E-state index in [0.717, 1.165) is 24.0 Å². The Morgan fingerprint density at radius 1 is 1.14 bits per heavy atom. The fourth-order valence-corrected chi connectivity index (χ4v) is 5.41. The van der Waals surface area contributed by atoms with Gasteiger partial charge in [0.1, 0.15) is 18.2 Å². The molecule has 7 heteroatoms. The van der Waals surface area contributed by atoms with Gasteiger partial charge in [0.25, 0.3) is 0 Å². The number of rotatable bonds is 10. The van der Waals surface area contributed by atoms with Crippen molar-refractivity contribution in [3.63, 3.8) is 0 Å². The zero-order chi connectivity index (χ0) is 25.5. The topological polar surface area (TPSA) is 49.9 Å². The van der Waals surface area contributed by atoms with Crippen molar-refractivity contribution in [2.24, 2.45) is 5.92 Å². The summed E-state index contributed by atoms with van der Waals surface area (Å²) in [5, 5.41) is 2.04. The molecule has 1 aliphatic heterocycles. The number of carbonyl (C=O) groups is 2. The summed E-state index contributed by atoms with van der Waals surface area (Å²) in [6.07, 6.45) is 1.99. The van der Waals surface area contributed by atoms with Gasteiger partial charge in [0.15, 0.2) is 0 Å². The van der Waals surface area contributed by atoms with Gasteiger partial charge in [-0.05, 0) is 59.2 Å². The van der Waals surface area contributed by atoms with Crippen LogP contribution in [0.4, 0.5) is 4.39 Å². The van der Waals surface area contributed by atoms with Crippen LogP contribution in [0.15, 0.2) is 66.0 Å². The molecule has 0 unspecified atom stereocenters. The Morgan fingerprint density at radius 3 is 2.61 bits per heavy atom. The number of fused-ring (bicyclic) bond motifs is 1. The summed E-state index contributed by atoms with van der Waals surface area (Å²) in [6, 6.07) is 17.3. The zero-order valence-electron chi connectivity index (χ0n) is 20.9. The lowest BCUT2D eigenvalue weighted by Gasteiger charge is -2.37. The van der Waals surface area contributed by atoms with Crippen LogP contribution >= 0.6 is 11.3 Å². The molecule has 190 valence electrons. The maximum atomic E-state index is 13.7. The van der Waals surface area contributed by atoms with Crippen LogP contribution in [-0.4, -0.2) is 47.9 Å². The molecular formula is C29H33FN2O3S. The van der Waals surface area contributed by atoms with E-state index >= 15 is 0 Å². The number of ether oxygens (including phenoxy) is 1. The summed E-state index contributed by atoms with van der Waals surface area (Å²) in [6.45, 7) is 5.63. The van der Waals surface area contributed by atoms with Gasteiger partial charge in [-0.1, -0.05) is 50.6 Å². The summed E-state index contributed by atoms with van der Waals surface area (Å²) in [5.74, 6) is 0.410. The number of carbonyl (C=O) groups excluding carboxylic acids is 2. The van der Waals surface area contributed by atoms with Crippen LogP contribution in [0.2, 0.25) is 0 Å². The van der Waals surface area contributed by atoms with Crippen molar-refractivity contribution in [2.45, 2.75) is 39.2 Å². The number of amides is 2. The molecular weight excluding hydrogens is 475 g/mol. The van der Waals surface area contributed by atoms with Gasteiger partial charge in [-0.3, -0.25) is 9.59 Å². The van der Waals surface area contributed by atoms with Crippen LogP contribution in [-0.2, 0) is 22.4 Å². The Hall–Kier alpha value is -3.19. The molecule has 1 aromatic heterocycles. The number of hydrogen-bond donors (Lipinski definition) is 0. The van der Waals surface area contributed by atoms with Gasteiger partial charge in [0.05, 0.1) is 19.0 Å². The first-order valence-corrected chi connectivity index (χ1v) is 13.4. The van der Waals surface area contributed by atoms with E-state index in [0.29, 0.717) is 24.8 Å². The lowest BCUT2D eigenvalue weighted by molar-refractivity contribution is -0.143. The monoisotopic (exact) mass is 508 g/mol. The van der Waals surface area contributed by atoms with Gasteiger partial charge in [-0.25, -0.2) is 4.39 Å². The highest BCUT2D eigenvalue weighted by Gasteiger charge is 2.33. The molecule has 0 radical (unpaired) electrons. The number of nitrogens with zero attached hydrogens (tertiary/aromatic N) is 2. The fourth-order valence-electron chi connectivity index (χ4n) is 4.48. The van der Waals surface area contributed by atoms with E-state index < -0.39 is 0 Å². The molecule has 0 fully saturated rings. The third-order valence-corrected chi connectivity index (χ3v) is 7.74. The van der Waals surface area contributed by atoms with E-state index in [1.165, 1.54) is 17.0 Å². The molecule has 0 saturated heterocycles. The van der Waals surface area contributed by atoms with Gasteiger partial charge >= 0.3 is 0 Å². The average Bonchev–Trinajstić information content (AvgIpc) is 3.37. The van der Waals surface area contributed by atoms with Crippen molar-refractivity contribution in [1.29, 1.82) is 0 Å². The third-order valence-electron chi connectivity index (χ3n) is 6.74. The number of hydrogen-bond acceptors (Lipinski definition) is 4. The molecule has 2 amide bonds. The van der Waals surface area contributed by atoms with E-state index in [2.05, 4.69) is 19.9 Å². The minimum absolute atomic E-state index is 0.0396. The summed E-state index contributed by atoms with van der Waals surface area (Å²) in [7, 11) is 0. The minimum Gasteiger partial charge on any atom is -0.491 e. The molecule has 2 heterocycles. The molecule has 2 atom stereocenters. The number of benzene rings is 2. The fraction of sp³-hybridized carbons (Fsp3) is 0.379. The van der Waals surface area contributed by atoms with Crippen molar-refractivity contribution in [2.75, 3.05) is 26.2 Å². The molecule has 0 bridgehead atoms. The molecule has 3 aromatic rings. The Kier molecular flexibility index (Phi) is 8.75. The SMILES string of the molecule is CC[C@@H](C)CN(CC(=O)N1CCc2sccc2[C@H]1COc1ccc(F)cc1)C(=O)Cc1ccccc1. The van der Waals surface area contributed by atoms with E-state index in [1.54, 1.807) is 28.4 Å². The summed E-state index contributed by atoms with van der Waals surface area (Å²) < 4.78 is 19.3. The summed E-state index contributed by atoms with van der Waals surface area (Å²) in [5.41, 5.74) is 2.03. The Balaban J connectivity index is 1.50. The first-order valence-electron chi connectivity index (χ1n) is 12.5.